The molecule has 4 rings (SSSR count). The monoisotopic (exact) mass is 573 g/mol. The van der Waals surface area contributed by atoms with Crippen molar-refractivity contribution < 1.29 is 52.6 Å². The van der Waals surface area contributed by atoms with Crippen molar-refractivity contribution in [1.82, 2.24) is 4.90 Å². The number of carbonyl (C=O) groups is 3. The molecule has 1 fully saturated rings. The van der Waals surface area contributed by atoms with Crippen molar-refractivity contribution in [3.05, 3.63) is 53.6 Å². The summed E-state index contributed by atoms with van der Waals surface area (Å²) in [6.45, 7) is 4.29. The molecule has 1 unspecified atom stereocenters. The van der Waals surface area contributed by atoms with Gasteiger partial charge in [0.2, 0.25) is 0 Å². The molecule has 1 saturated heterocycles. The predicted molar refractivity (Wildman–Crippen MR) is 143 cm³/mol. The molecule has 2 heterocycles. The molecule has 41 heavy (non-hydrogen) atoms. The number of hydrogen-bond acceptors (Lipinski definition) is 11. The van der Waals surface area contributed by atoms with E-state index in [9.17, 15) is 19.5 Å². The Morgan fingerprint density at radius 2 is 1.34 bits per heavy atom. The zero-order valence-electron chi connectivity index (χ0n) is 22.8. The van der Waals surface area contributed by atoms with Crippen LogP contribution in [0.15, 0.2) is 42.5 Å². The third-order valence-corrected chi connectivity index (χ3v) is 6.37. The van der Waals surface area contributed by atoms with E-state index in [0.717, 1.165) is 0 Å². The Morgan fingerprint density at radius 3 is 1.95 bits per heavy atom. The first-order valence-electron chi connectivity index (χ1n) is 13.6. The van der Waals surface area contributed by atoms with Crippen LogP contribution in [0.5, 0.6) is 17.2 Å². The molecule has 0 saturated carbocycles. The molecule has 0 spiro atoms. The second-order valence-electron chi connectivity index (χ2n) is 9.20. The van der Waals surface area contributed by atoms with Crippen molar-refractivity contribution in [3.8, 4) is 17.2 Å². The van der Waals surface area contributed by atoms with E-state index in [2.05, 4.69) is 0 Å². The largest absolute Gasteiger partial charge is 0.508 e. The summed E-state index contributed by atoms with van der Waals surface area (Å²) in [4.78, 5) is 37.8. The van der Waals surface area contributed by atoms with Crippen LogP contribution in [0.2, 0.25) is 0 Å². The first kappa shape index (κ1) is 30.3. The fourth-order valence-corrected chi connectivity index (χ4v) is 4.33. The van der Waals surface area contributed by atoms with E-state index < -0.39 is 18.0 Å². The van der Waals surface area contributed by atoms with Crippen LogP contribution in [0.1, 0.15) is 28.8 Å². The molecule has 222 valence electrons. The van der Waals surface area contributed by atoms with Crippen LogP contribution in [0.3, 0.4) is 0 Å². The highest BCUT2D eigenvalue weighted by molar-refractivity contribution is 6.02. The van der Waals surface area contributed by atoms with Gasteiger partial charge in [-0.2, -0.15) is 0 Å². The molecule has 2 aromatic carbocycles. The first-order chi connectivity index (χ1) is 20.0. The van der Waals surface area contributed by atoms with Crippen molar-refractivity contribution in [3.63, 3.8) is 0 Å². The SMILES string of the molecule is O=C1CCC(N2Cc3c(OCCOCCOCCOCCOCCOc4ccc(O)cc4)cccc3C2=O)C(=O)O1. The zero-order valence-corrected chi connectivity index (χ0v) is 22.8. The molecule has 12 nitrogen and oxygen atoms in total. The number of amides is 1. The average molecular weight is 574 g/mol. The van der Waals surface area contributed by atoms with E-state index >= 15 is 0 Å². The topological polar surface area (TPSA) is 139 Å². The molecule has 1 N–H and O–H groups in total. The number of carbonyl (C=O) groups excluding carboxylic acids is 3. The van der Waals surface area contributed by atoms with Crippen LogP contribution in [0.25, 0.3) is 0 Å². The Labute approximate surface area is 238 Å². The number of esters is 2. The zero-order chi connectivity index (χ0) is 28.9. The fraction of sp³-hybridized carbons (Fsp3) is 0.483. The quantitative estimate of drug-likeness (QED) is 0.159. The Kier molecular flexibility index (Phi) is 11.7. The van der Waals surface area contributed by atoms with E-state index in [4.69, 9.17) is 33.2 Å². The van der Waals surface area contributed by atoms with Crippen LogP contribution < -0.4 is 9.47 Å². The summed E-state index contributed by atoms with van der Waals surface area (Å²) in [6.07, 6.45) is 0.355. The predicted octanol–water partition coefficient (Wildman–Crippen LogP) is 2.10. The third-order valence-electron chi connectivity index (χ3n) is 6.37. The molecule has 0 aliphatic carbocycles. The summed E-state index contributed by atoms with van der Waals surface area (Å²) >= 11 is 0. The normalized spacial score (nSPS) is 16.5. The van der Waals surface area contributed by atoms with Gasteiger partial charge in [0.05, 0.1) is 59.4 Å². The number of nitrogens with zero attached hydrogens (tertiary/aromatic N) is 1. The van der Waals surface area contributed by atoms with Crippen LogP contribution in [0.4, 0.5) is 0 Å². The van der Waals surface area contributed by atoms with Gasteiger partial charge in [-0.15, -0.1) is 0 Å². The number of rotatable bonds is 18. The number of fused-ring (bicyclic) bond motifs is 1. The summed E-state index contributed by atoms with van der Waals surface area (Å²) in [7, 11) is 0. The van der Waals surface area contributed by atoms with Crippen molar-refractivity contribution in [2.45, 2.75) is 25.4 Å². The maximum atomic E-state index is 12.9. The van der Waals surface area contributed by atoms with Crippen LogP contribution in [-0.2, 0) is 39.8 Å². The number of hydrogen-bond donors (Lipinski definition) is 1. The summed E-state index contributed by atoms with van der Waals surface area (Å²) in [5.41, 5.74) is 1.19. The molecule has 1 amide bonds. The van der Waals surface area contributed by atoms with Crippen molar-refractivity contribution >= 4 is 17.8 Å². The molecule has 1 atom stereocenters. The summed E-state index contributed by atoms with van der Waals surface area (Å²) < 4.78 is 38.0. The number of ether oxygens (including phenoxy) is 7. The molecular weight excluding hydrogens is 538 g/mol. The van der Waals surface area contributed by atoms with Gasteiger partial charge < -0.3 is 43.2 Å². The molecule has 0 aromatic heterocycles. The Balaban J connectivity index is 0.985. The van der Waals surface area contributed by atoms with Gasteiger partial charge in [-0.1, -0.05) is 6.07 Å². The maximum Gasteiger partial charge on any atom is 0.336 e. The van der Waals surface area contributed by atoms with E-state index in [0.29, 0.717) is 82.1 Å². The third kappa shape index (κ3) is 9.15. The van der Waals surface area contributed by atoms with Crippen LogP contribution in [-0.4, -0.2) is 100.0 Å². The lowest BCUT2D eigenvalue weighted by Crippen LogP contribution is -2.46. The molecule has 2 aliphatic heterocycles. The molecule has 2 aliphatic rings. The Morgan fingerprint density at radius 1 is 0.756 bits per heavy atom. The Hall–Kier alpha value is -3.71. The summed E-state index contributed by atoms with van der Waals surface area (Å²) in [5, 5.41) is 9.23. The lowest BCUT2D eigenvalue weighted by atomic mass is 10.1. The van der Waals surface area contributed by atoms with Crippen LogP contribution in [0, 0.1) is 0 Å². The van der Waals surface area contributed by atoms with Gasteiger partial charge in [-0.05, 0) is 42.8 Å². The smallest absolute Gasteiger partial charge is 0.336 e. The minimum absolute atomic E-state index is 0.101. The minimum atomic E-state index is -0.772. The van der Waals surface area contributed by atoms with E-state index in [-0.39, 0.29) is 37.6 Å². The highest BCUT2D eigenvalue weighted by Gasteiger charge is 2.41. The van der Waals surface area contributed by atoms with Gasteiger partial charge >= 0.3 is 11.9 Å². The van der Waals surface area contributed by atoms with Gasteiger partial charge in [-0.25, -0.2) is 4.79 Å². The number of phenolic OH excluding ortho intramolecular Hbond substituents is 1. The lowest BCUT2D eigenvalue weighted by molar-refractivity contribution is -0.167. The summed E-state index contributed by atoms with van der Waals surface area (Å²) in [5.74, 6) is -0.100. The van der Waals surface area contributed by atoms with Crippen LogP contribution >= 0.6 is 0 Å². The maximum absolute atomic E-state index is 12.9. The lowest BCUT2D eigenvalue weighted by Gasteiger charge is -2.28. The highest BCUT2D eigenvalue weighted by Crippen LogP contribution is 2.34. The van der Waals surface area contributed by atoms with Crippen molar-refractivity contribution in [1.29, 1.82) is 0 Å². The van der Waals surface area contributed by atoms with Gasteiger partial charge in [-0.3, -0.25) is 9.59 Å². The van der Waals surface area contributed by atoms with E-state index in [1.165, 1.54) is 4.90 Å². The van der Waals surface area contributed by atoms with Gasteiger partial charge in [0.25, 0.3) is 5.91 Å². The van der Waals surface area contributed by atoms with Crippen molar-refractivity contribution in [2.75, 3.05) is 66.1 Å². The van der Waals surface area contributed by atoms with Gasteiger partial charge in [0.1, 0.15) is 36.5 Å². The molecule has 2 aromatic rings. The van der Waals surface area contributed by atoms with E-state index in [1.54, 1.807) is 42.5 Å². The number of benzene rings is 2. The second-order valence-corrected chi connectivity index (χ2v) is 9.20. The van der Waals surface area contributed by atoms with Gasteiger partial charge in [0.15, 0.2) is 0 Å². The van der Waals surface area contributed by atoms with Gasteiger partial charge in [0, 0.05) is 17.5 Å². The van der Waals surface area contributed by atoms with Crippen molar-refractivity contribution in [2.24, 2.45) is 0 Å². The second kappa shape index (κ2) is 15.9. The first-order valence-corrected chi connectivity index (χ1v) is 13.6. The average Bonchev–Trinajstić information content (AvgIpc) is 3.30. The Bertz CT molecular complexity index is 1150. The molecule has 0 bridgehead atoms. The number of aromatic hydroxyl groups is 1. The summed E-state index contributed by atoms with van der Waals surface area (Å²) in [6, 6.07) is 10.9. The minimum Gasteiger partial charge on any atom is -0.508 e. The molecular formula is C29H35NO11. The standard InChI is InChI=1S/C29H35NO11/c31-21-4-6-22(7-5-21)39-18-16-37-14-12-35-10-11-36-13-15-38-17-19-40-26-3-1-2-23-24(26)20-30(28(23)33)25-8-9-27(32)41-29(25)34/h1-7,25,31H,8-20H2. The number of phenols is 1. The number of cyclic esters (lactones) is 2. The van der Waals surface area contributed by atoms with E-state index in [1.807, 2.05) is 0 Å². The fourth-order valence-electron chi connectivity index (χ4n) is 4.33. The molecule has 12 heteroatoms. The molecule has 0 radical (unpaired) electrons. The highest BCUT2D eigenvalue weighted by atomic mass is 16.6.